The Kier molecular flexibility index (Phi) is 4.34. The van der Waals surface area contributed by atoms with Crippen molar-refractivity contribution in [1.82, 2.24) is 34.7 Å². The lowest BCUT2D eigenvalue weighted by Gasteiger charge is -2.16. The molecule has 3 aromatic heterocycles. The predicted octanol–water partition coefficient (Wildman–Crippen LogP) is 3.19. The van der Waals surface area contributed by atoms with Gasteiger partial charge in [-0.05, 0) is 25.1 Å². The molecule has 0 aliphatic rings. The molecule has 0 aliphatic heterocycles. The fourth-order valence-corrected chi connectivity index (χ4v) is 2.80. The van der Waals surface area contributed by atoms with E-state index >= 15 is 0 Å². The normalized spacial score (nSPS) is 12.9. The Morgan fingerprint density at radius 3 is 2.50 bits per heavy atom. The minimum atomic E-state index is -4.51. The largest absolute Gasteiger partial charge is 0.418 e. The van der Waals surface area contributed by atoms with E-state index in [1.165, 1.54) is 23.1 Å². The molecule has 4 aromatic rings. The number of nitrogens with zero attached hydrogens (tertiary/aromatic N) is 7. The number of nitrogens with one attached hydrogen (secondary N) is 1. The van der Waals surface area contributed by atoms with Crippen LogP contribution in [0.15, 0.2) is 49.3 Å². The fourth-order valence-electron chi connectivity index (χ4n) is 2.80. The minimum absolute atomic E-state index is 0.174. The number of hydrogen-bond donors (Lipinski definition) is 1. The van der Waals surface area contributed by atoms with Gasteiger partial charge in [-0.25, -0.2) is 24.9 Å². The molecule has 0 fully saturated rings. The molecule has 28 heavy (non-hydrogen) atoms. The number of rotatable bonds is 4. The number of anilines is 1. The molecule has 0 saturated heterocycles. The highest BCUT2D eigenvalue weighted by Crippen LogP contribution is 2.35. The van der Waals surface area contributed by atoms with Gasteiger partial charge in [0.05, 0.1) is 17.1 Å². The first kappa shape index (κ1) is 17.8. The molecule has 142 valence electrons. The first-order chi connectivity index (χ1) is 13.4. The molecule has 0 unspecified atom stereocenters. The second-order valence-corrected chi connectivity index (χ2v) is 5.87. The van der Waals surface area contributed by atoms with Crippen molar-refractivity contribution >= 4 is 16.7 Å². The Morgan fingerprint density at radius 1 is 0.964 bits per heavy atom. The summed E-state index contributed by atoms with van der Waals surface area (Å²) < 4.78 is 41.2. The molecule has 0 bridgehead atoms. The van der Waals surface area contributed by atoms with Crippen molar-refractivity contribution in [2.75, 3.05) is 5.32 Å². The summed E-state index contributed by atoms with van der Waals surface area (Å²) >= 11 is 0. The number of benzene rings is 1. The topological polar surface area (TPSA) is 94.3 Å². The fraction of sp³-hybridized carbons (Fsp3) is 0.176. The van der Waals surface area contributed by atoms with Gasteiger partial charge >= 0.3 is 6.18 Å². The quantitative estimate of drug-likeness (QED) is 0.576. The second-order valence-electron chi connectivity index (χ2n) is 5.87. The van der Waals surface area contributed by atoms with Crippen molar-refractivity contribution in [2.45, 2.75) is 19.1 Å². The Balaban J connectivity index is 1.71. The Bertz CT molecular complexity index is 1110. The lowest BCUT2D eigenvalue weighted by atomic mass is 10.1. The van der Waals surface area contributed by atoms with Gasteiger partial charge in [0.2, 0.25) is 0 Å². The zero-order valence-corrected chi connectivity index (χ0v) is 14.5. The smallest absolute Gasteiger partial charge is 0.360 e. The molecular formula is C17H13F3N8. The third kappa shape index (κ3) is 3.21. The minimum Gasteiger partial charge on any atom is -0.360 e. The molecule has 3 heterocycles. The van der Waals surface area contributed by atoms with E-state index in [0.717, 1.165) is 12.4 Å². The maximum Gasteiger partial charge on any atom is 0.418 e. The van der Waals surface area contributed by atoms with Crippen LogP contribution in [0.1, 0.15) is 24.4 Å². The van der Waals surface area contributed by atoms with Crippen molar-refractivity contribution in [3.05, 3.63) is 60.7 Å². The van der Waals surface area contributed by atoms with Crippen LogP contribution in [0.5, 0.6) is 0 Å². The summed E-state index contributed by atoms with van der Waals surface area (Å²) in [6.07, 6.45) is 1.08. The first-order valence-electron chi connectivity index (χ1n) is 8.20. The van der Waals surface area contributed by atoms with Crippen LogP contribution >= 0.6 is 0 Å². The van der Waals surface area contributed by atoms with Crippen LogP contribution in [0, 0.1) is 0 Å². The molecule has 1 atom stereocenters. The van der Waals surface area contributed by atoms with Gasteiger partial charge in [0.25, 0.3) is 5.95 Å². The Labute approximate surface area is 156 Å². The molecule has 0 radical (unpaired) electrons. The van der Waals surface area contributed by atoms with Gasteiger partial charge in [0.1, 0.15) is 18.5 Å². The lowest BCUT2D eigenvalue weighted by molar-refractivity contribution is -0.136. The number of hydrogen-bond acceptors (Lipinski definition) is 7. The molecule has 0 aliphatic carbocycles. The van der Waals surface area contributed by atoms with Crippen LogP contribution in [0.2, 0.25) is 0 Å². The van der Waals surface area contributed by atoms with Crippen molar-refractivity contribution in [2.24, 2.45) is 0 Å². The summed E-state index contributed by atoms with van der Waals surface area (Å²) in [5, 5.41) is 7.45. The molecule has 8 nitrogen and oxygen atoms in total. The molecule has 1 N–H and O–H groups in total. The number of halogens is 3. The number of aromatic nitrogens is 7. The summed E-state index contributed by atoms with van der Waals surface area (Å²) in [6, 6.07) is 5.08. The standard InChI is InChI=1S/C17H13F3N8/c1-10(15-25-9-26-28(15)16-21-6-3-7-22-16)27-14-11-4-2-5-12(17(18,19)20)13(11)23-8-24-14/h2-10H,1H3,(H,23,24,27)/t10-/m0/s1. The Morgan fingerprint density at radius 2 is 1.75 bits per heavy atom. The maximum absolute atomic E-state index is 13.3. The van der Waals surface area contributed by atoms with Gasteiger partial charge in [-0.3, -0.25) is 0 Å². The third-order valence-electron chi connectivity index (χ3n) is 4.03. The maximum atomic E-state index is 13.3. The summed E-state index contributed by atoms with van der Waals surface area (Å²) in [4.78, 5) is 20.4. The van der Waals surface area contributed by atoms with Crippen molar-refractivity contribution in [1.29, 1.82) is 0 Å². The molecule has 4 rings (SSSR count). The average Bonchev–Trinajstić information content (AvgIpc) is 3.18. The number of fused-ring (bicyclic) bond motifs is 1. The zero-order chi connectivity index (χ0) is 19.7. The molecule has 0 spiro atoms. The van der Waals surface area contributed by atoms with E-state index in [1.807, 2.05) is 0 Å². The van der Waals surface area contributed by atoms with Crippen LogP contribution in [0.4, 0.5) is 19.0 Å². The molecule has 0 saturated carbocycles. The summed E-state index contributed by atoms with van der Waals surface area (Å²) in [5.74, 6) is 1.06. The van der Waals surface area contributed by atoms with E-state index in [-0.39, 0.29) is 16.7 Å². The van der Waals surface area contributed by atoms with Crippen molar-refractivity contribution in [3.8, 4) is 5.95 Å². The highest BCUT2D eigenvalue weighted by molar-refractivity contribution is 5.91. The van der Waals surface area contributed by atoms with E-state index in [1.54, 1.807) is 25.4 Å². The zero-order valence-electron chi connectivity index (χ0n) is 14.5. The van der Waals surface area contributed by atoms with Crippen LogP contribution in [0.25, 0.3) is 16.9 Å². The highest BCUT2D eigenvalue weighted by atomic mass is 19.4. The Hall–Kier alpha value is -3.63. The molecule has 11 heteroatoms. The first-order valence-corrected chi connectivity index (χ1v) is 8.20. The van der Waals surface area contributed by atoms with E-state index in [2.05, 4.69) is 35.3 Å². The van der Waals surface area contributed by atoms with Crippen molar-refractivity contribution in [3.63, 3.8) is 0 Å². The number of para-hydroxylation sites is 1. The van der Waals surface area contributed by atoms with E-state index < -0.39 is 17.8 Å². The SMILES string of the molecule is C[C@H](Nc1ncnc2c(C(F)(F)F)cccc12)c1ncnn1-c1ncccn1. The second kappa shape index (κ2) is 6.83. The van der Waals surface area contributed by atoms with Gasteiger partial charge in [0, 0.05) is 17.8 Å². The van der Waals surface area contributed by atoms with Crippen LogP contribution in [-0.2, 0) is 6.18 Å². The lowest BCUT2D eigenvalue weighted by Crippen LogP contribution is -2.16. The van der Waals surface area contributed by atoms with Gasteiger partial charge in [-0.15, -0.1) is 0 Å². The summed E-state index contributed by atoms with van der Waals surface area (Å²) in [6.45, 7) is 1.78. The van der Waals surface area contributed by atoms with Gasteiger partial charge < -0.3 is 5.32 Å². The summed E-state index contributed by atoms with van der Waals surface area (Å²) in [7, 11) is 0. The van der Waals surface area contributed by atoms with E-state index in [0.29, 0.717) is 11.8 Å². The van der Waals surface area contributed by atoms with Crippen molar-refractivity contribution < 1.29 is 13.2 Å². The predicted molar refractivity (Wildman–Crippen MR) is 93.5 cm³/mol. The highest BCUT2D eigenvalue weighted by Gasteiger charge is 2.33. The van der Waals surface area contributed by atoms with Crippen LogP contribution in [0.3, 0.4) is 0 Å². The van der Waals surface area contributed by atoms with Crippen LogP contribution < -0.4 is 5.32 Å². The third-order valence-corrected chi connectivity index (χ3v) is 4.03. The average molecular weight is 386 g/mol. The summed E-state index contributed by atoms with van der Waals surface area (Å²) in [5.41, 5.74) is -0.989. The monoisotopic (exact) mass is 386 g/mol. The number of alkyl halides is 3. The van der Waals surface area contributed by atoms with Gasteiger partial charge in [-0.1, -0.05) is 6.07 Å². The van der Waals surface area contributed by atoms with Gasteiger partial charge in [0.15, 0.2) is 5.82 Å². The molecule has 0 amide bonds. The van der Waals surface area contributed by atoms with Gasteiger partial charge in [-0.2, -0.15) is 23.0 Å². The van der Waals surface area contributed by atoms with E-state index in [4.69, 9.17) is 0 Å². The molecule has 1 aromatic carbocycles. The van der Waals surface area contributed by atoms with E-state index in [9.17, 15) is 13.2 Å². The van der Waals surface area contributed by atoms with Crippen LogP contribution in [-0.4, -0.2) is 34.7 Å². The molecular weight excluding hydrogens is 373 g/mol.